The van der Waals surface area contributed by atoms with Crippen molar-refractivity contribution in [3.8, 4) is 0 Å². The minimum atomic E-state index is -0.167. The average molecular weight is 373 g/mol. The molecule has 0 spiro atoms. The summed E-state index contributed by atoms with van der Waals surface area (Å²) in [4.78, 5) is 12.7. The zero-order valence-electron chi connectivity index (χ0n) is 11.6. The van der Waals surface area contributed by atoms with E-state index in [1.165, 1.54) is 11.3 Å². The predicted molar refractivity (Wildman–Crippen MR) is 89.0 cm³/mol. The second-order valence-corrected chi connectivity index (χ2v) is 6.31. The highest BCUT2D eigenvalue weighted by Gasteiger charge is 2.16. The molecule has 0 radical (unpaired) electrons. The van der Waals surface area contributed by atoms with Crippen molar-refractivity contribution in [1.29, 1.82) is 0 Å². The Morgan fingerprint density at radius 3 is 2.95 bits per heavy atom. The molecule has 2 aromatic rings. The van der Waals surface area contributed by atoms with Crippen LogP contribution in [0, 0.1) is 0 Å². The molecule has 0 saturated heterocycles. The molecule has 114 valence electrons. The lowest BCUT2D eigenvalue weighted by Crippen LogP contribution is -2.27. The number of ether oxygens (including phenoxy) is 2. The normalized spacial score (nSPS) is 11.0. The number of rotatable bonds is 7. The number of methoxy groups -OCH3 is 1. The summed E-state index contributed by atoms with van der Waals surface area (Å²) in [5.41, 5.74) is 6.57. The molecule has 0 aliphatic heterocycles. The molecule has 1 aromatic heterocycles. The minimum absolute atomic E-state index is 0.167. The van der Waals surface area contributed by atoms with Gasteiger partial charge in [-0.05, 0) is 12.1 Å². The number of nitrogen functional groups attached to an aromatic ring is 1. The zero-order valence-corrected chi connectivity index (χ0v) is 14.1. The van der Waals surface area contributed by atoms with E-state index in [4.69, 9.17) is 15.2 Å². The number of carbonyl (C=O) groups is 1. The fourth-order valence-electron chi connectivity index (χ4n) is 1.82. The lowest BCUT2D eigenvalue weighted by Gasteiger charge is -2.05. The number of thiophene rings is 1. The molecule has 7 heteroatoms. The van der Waals surface area contributed by atoms with Gasteiger partial charge < -0.3 is 20.5 Å². The molecule has 21 heavy (non-hydrogen) atoms. The van der Waals surface area contributed by atoms with Gasteiger partial charge in [0.05, 0.1) is 25.5 Å². The van der Waals surface area contributed by atoms with E-state index in [-0.39, 0.29) is 5.91 Å². The first kappa shape index (κ1) is 16.2. The lowest BCUT2D eigenvalue weighted by molar-refractivity contribution is 0.0693. The Morgan fingerprint density at radius 2 is 2.19 bits per heavy atom. The van der Waals surface area contributed by atoms with Gasteiger partial charge in [-0.2, -0.15) is 0 Å². The summed E-state index contributed by atoms with van der Waals surface area (Å²) >= 11 is 4.80. The van der Waals surface area contributed by atoms with Gasteiger partial charge in [0.1, 0.15) is 4.88 Å². The number of hydrogen-bond acceptors (Lipinski definition) is 5. The number of anilines is 1. The summed E-state index contributed by atoms with van der Waals surface area (Å²) in [5.74, 6) is -0.167. The summed E-state index contributed by atoms with van der Waals surface area (Å²) in [6, 6.07) is 5.79. The lowest BCUT2D eigenvalue weighted by atomic mass is 10.2. The van der Waals surface area contributed by atoms with Crippen LogP contribution >= 0.6 is 27.3 Å². The highest BCUT2D eigenvalue weighted by Crippen LogP contribution is 2.35. The molecule has 3 N–H and O–H groups in total. The molecule has 1 aromatic carbocycles. The standard InChI is InChI=1S/C14H17BrN2O3S/c1-19-6-7-20-5-4-17-14(18)13-12(16)10-3-2-9(15)8-11(10)21-13/h2-3,8H,4-7,16H2,1H3,(H,17,18). The van der Waals surface area contributed by atoms with Crippen molar-refractivity contribution in [2.45, 2.75) is 0 Å². The van der Waals surface area contributed by atoms with E-state index in [1.807, 2.05) is 18.2 Å². The van der Waals surface area contributed by atoms with Crippen molar-refractivity contribution in [2.24, 2.45) is 0 Å². The van der Waals surface area contributed by atoms with E-state index in [1.54, 1.807) is 7.11 Å². The second kappa shape index (κ2) is 7.74. The Labute approximate surface area is 135 Å². The van der Waals surface area contributed by atoms with Crippen LogP contribution in [0.2, 0.25) is 0 Å². The van der Waals surface area contributed by atoms with Gasteiger partial charge in [-0.3, -0.25) is 4.79 Å². The molecule has 2 rings (SSSR count). The Morgan fingerprint density at radius 1 is 1.38 bits per heavy atom. The molecule has 0 bridgehead atoms. The number of fused-ring (bicyclic) bond motifs is 1. The Kier molecular flexibility index (Phi) is 5.98. The molecule has 0 saturated carbocycles. The summed E-state index contributed by atoms with van der Waals surface area (Å²) in [6.07, 6.45) is 0. The van der Waals surface area contributed by atoms with E-state index in [9.17, 15) is 4.79 Å². The van der Waals surface area contributed by atoms with Crippen molar-refractivity contribution in [3.63, 3.8) is 0 Å². The fraction of sp³-hybridized carbons (Fsp3) is 0.357. The quantitative estimate of drug-likeness (QED) is 0.732. The van der Waals surface area contributed by atoms with Crippen LogP contribution in [0.5, 0.6) is 0 Å². The summed E-state index contributed by atoms with van der Waals surface area (Å²) < 4.78 is 12.1. The minimum Gasteiger partial charge on any atom is -0.397 e. The van der Waals surface area contributed by atoms with Crippen molar-refractivity contribution < 1.29 is 14.3 Å². The van der Waals surface area contributed by atoms with Gasteiger partial charge in [0.15, 0.2) is 0 Å². The van der Waals surface area contributed by atoms with Gasteiger partial charge in [-0.1, -0.05) is 22.0 Å². The number of nitrogens with one attached hydrogen (secondary N) is 1. The van der Waals surface area contributed by atoms with E-state index < -0.39 is 0 Å². The van der Waals surface area contributed by atoms with Gasteiger partial charge in [-0.15, -0.1) is 11.3 Å². The molecule has 0 atom stereocenters. The van der Waals surface area contributed by atoms with Crippen LogP contribution in [-0.4, -0.2) is 39.4 Å². The van der Waals surface area contributed by atoms with Gasteiger partial charge in [0.2, 0.25) is 0 Å². The molecule has 1 heterocycles. The van der Waals surface area contributed by atoms with Crippen LogP contribution in [0.1, 0.15) is 9.67 Å². The van der Waals surface area contributed by atoms with Crippen LogP contribution in [0.15, 0.2) is 22.7 Å². The summed E-state index contributed by atoms with van der Waals surface area (Å²) in [7, 11) is 1.62. The first-order valence-electron chi connectivity index (χ1n) is 6.46. The van der Waals surface area contributed by atoms with Gasteiger partial charge in [-0.25, -0.2) is 0 Å². The zero-order chi connectivity index (χ0) is 15.2. The van der Waals surface area contributed by atoms with Crippen molar-refractivity contribution in [2.75, 3.05) is 39.2 Å². The number of halogens is 1. The summed E-state index contributed by atoms with van der Waals surface area (Å²) in [6.45, 7) is 1.96. The van der Waals surface area contributed by atoms with Crippen molar-refractivity contribution in [3.05, 3.63) is 27.5 Å². The van der Waals surface area contributed by atoms with Crippen LogP contribution < -0.4 is 11.1 Å². The first-order chi connectivity index (χ1) is 10.1. The SMILES string of the molecule is COCCOCCNC(=O)c1sc2cc(Br)ccc2c1N. The number of hydrogen-bond donors (Lipinski definition) is 2. The Hall–Kier alpha value is -1.15. The third-order valence-corrected chi connectivity index (χ3v) is 4.52. The maximum atomic E-state index is 12.1. The first-order valence-corrected chi connectivity index (χ1v) is 8.07. The molecular weight excluding hydrogens is 356 g/mol. The van der Waals surface area contributed by atoms with Crippen molar-refractivity contribution >= 4 is 48.9 Å². The summed E-state index contributed by atoms with van der Waals surface area (Å²) in [5, 5.41) is 3.71. The van der Waals surface area contributed by atoms with E-state index in [2.05, 4.69) is 21.2 Å². The number of amides is 1. The molecule has 0 aliphatic carbocycles. The van der Waals surface area contributed by atoms with Crippen LogP contribution in [0.3, 0.4) is 0 Å². The largest absolute Gasteiger partial charge is 0.397 e. The number of benzene rings is 1. The molecule has 1 amide bonds. The molecule has 0 unspecified atom stereocenters. The predicted octanol–water partition coefficient (Wildman–Crippen LogP) is 2.64. The monoisotopic (exact) mass is 372 g/mol. The maximum Gasteiger partial charge on any atom is 0.263 e. The number of nitrogens with two attached hydrogens (primary N) is 1. The van der Waals surface area contributed by atoms with Crippen molar-refractivity contribution in [1.82, 2.24) is 5.32 Å². The Balaban J connectivity index is 1.95. The molecule has 0 fully saturated rings. The van der Waals surface area contributed by atoms with Crippen LogP contribution in [-0.2, 0) is 9.47 Å². The molecule has 0 aliphatic rings. The van der Waals surface area contributed by atoms with Crippen LogP contribution in [0.4, 0.5) is 5.69 Å². The van der Waals surface area contributed by atoms with E-state index in [0.717, 1.165) is 14.6 Å². The van der Waals surface area contributed by atoms with E-state index >= 15 is 0 Å². The molecular formula is C14H17BrN2O3S. The fourth-order valence-corrected chi connectivity index (χ4v) is 3.41. The van der Waals surface area contributed by atoms with E-state index in [0.29, 0.717) is 36.9 Å². The highest BCUT2D eigenvalue weighted by molar-refractivity contribution is 9.10. The second-order valence-electron chi connectivity index (χ2n) is 4.35. The van der Waals surface area contributed by atoms with Crippen LogP contribution in [0.25, 0.3) is 10.1 Å². The highest BCUT2D eigenvalue weighted by atomic mass is 79.9. The third-order valence-electron chi connectivity index (χ3n) is 2.86. The average Bonchev–Trinajstić information content (AvgIpc) is 2.79. The smallest absolute Gasteiger partial charge is 0.263 e. The Bertz CT molecular complexity index is 630. The van der Waals surface area contributed by atoms with Gasteiger partial charge in [0.25, 0.3) is 5.91 Å². The molecule has 5 nitrogen and oxygen atoms in total. The third kappa shape index (κ3) is 4.16. The maximum absolute atomic E-state index is 12.1. The van der Waals surface area contributed by atoms with Gasteiger partial charge in [0, 0.05) is 28.2 Å². The number of carbonyl (C=O) groups excluding carboxylic acids is 1. The van der Waals surface area contributed by atoms with Gasteiger partial charge >= 0.3 is 0 Å². The topological polar surface area (TPSA) is 73.6 Å².